The number of nitrogens with zero attached hydrogens (tertiary/aromatic N) is 1. The number of carboxylic acids is 1. The number of amidine groups is 1. The van der Waals surface area contributed by atoms with Gasteiger partial charge in [-0.1, -0.05) is 30.0 Å². The van der Waals surface area contributed by atoms with Crippen LogP contribution in [-0.2, 0) is 9.59 Å². The number of hydrazone groups is 1. The van der Waals surface area contributed by atoms with E-state index < -0.39 is 23.0 Å². The highest BCUT2D eigenvalue weighted by Gasteiger charge is 2.25. The molecule has 0 radical (unpaired) electrons. The molecule has 2 N–H and O–H groups in total. The molecule has 20 heavy (non-hydrogen) atoms. The van der Waals surface area contributed by atoms with E-state index in [1.165, 1.54) is 0 Å². The Morgan fingerprint density at radius 2 is 2.05 bits per heavy atom. The smallest absolute Gasteiger partial charge is 0.271 e. The van der Waals surface area contributed by atoms with Crippen molar-refractivity contribution in [1.82, 2.24) is 10.7 Å². The fraction of sp³-hybridized carbons (Fsp3) is 0.167. The summed E-state index contributed by atoms with van der Waals surface area (Å²) in [6, 6.07) is 8.37. The van der Waals surface area contributed by atoms with Gasteiger partial charge in [-0.25, -0.2) is 5.43 Å². The Kier molecular flexibility index (Phi) is 4.36. The van der Waals surface area contributed by atoms with E-state index >= 15 is 0 Å². The summed E-state index contributed by atoms with van der Waals surface area (Å²) in [5, 5.41) is 15.9. The molecule has 1 fully saturated rings. The van der Waals surface area contributed by atoms with Crippen LogP contribution in [0.15, 0.2) is 35.4 Å². The van der Waals surface area contributed by atoms with Crippen molar-refractivity contribution in [1.29, 1.82) is 0 Å². The van der Waals surface area contributed by atoms with E-state index in [2.05, 4.69) is 15.8 Å². The second kappa shape index (κ2) is 6.20. The van der Waals surface area contributed by atoms with Gasteiger partial charge < -0.3 is 15.2 Å². The first kappa shape index (κ1) is 14.1. The molecule has 1 aliphatic heterocycles. The van der Waals surface area contributed by atoms with Gasteiger partial charge in [-0.2, -0.15) is 0 Å². The fourth-order valence-corrected chi connectivity index (χ4v) is 2.36. The van der Waals surface area contributed by atoms with Gasteiger partial charge in [0.25, 0.3) is 5.91 Å². The number of hydrogen-bond acceptors (Lipinski definition) is 6. The first-order valence-corrected chi connectivity index (χ1v) is 6.54. The van der Waals surface area contributed by atoms with Gasteiger partial charge in [0.05, 0.1) is 11.2 Å². The largest absolute Gasteiger partial charge is 0.549 e. The van der Waals surface area contributed by atoms with Crippen molar-refractivity contribution < 1.29 is 19.5 Å². The minimum atomic E-state index is -1.34. The van der Waals surface area contributed by atoms with E-state index in [1.807, 2.05) is 0 Å². The molecule has 8 heteroatoms. The Labute approximate surface area is 118 Å². The maximum Gasteiger partial charge on any atom is 0.271 e. The van der Waals surface area contributed by atoms with Crippen LogP contribution in [0.4, 0.5) is 0 Å². The molecule has 0 aliphatic carbocycles. The van der Waals surface area contributed by atoms with E-state index in [-0.39, 0.29) is 11.6 Å². The van der Waals surface area contributed by atoms with Crippen LogP contribution in [0, 0.1) is 0 Å². The highest BCUT2D eigenvalue weighted by Crippen LogP contribution is 2.19. The van der Waals surface area contributed by atoms with Crippen LogP contribution in [0.5, 0.6) is 0 Å². The second-order valence-electron chi connectivity index (χ2n) is 3.90. The molecule has 0 unspecified atom stereocenters. The minimum Gasteiger partial charge on any atom is -0.549 e. The van der Waals surface area contributed by atoms with Crippen molar-refractivity contribution in [2.24, 2.45) is 5.10 Å². The molecule has 0 bridgehead atoms. The van der Waals surface area contributed by atoms with Crippen LogP contribution in [0.25, 0.3) is 0 Å². The Hall–Kier alpha value is -2.35. The molecule has 0 spiro atoms. The number of amides is 2. The van der Waals surface area contributed by atoms with Crippen molar-refractivity contribution >= 4 is 34.7 Å². The van der Waals surface area contributed by atoms with Crippen molar-refractivity contribution in [3.8, 4) is 0 Å². The minimum absolute atomic E-state index is 0.0275. The number of rotatable bonds is 3. The van der Waals surface area contributed by atoms with Gasteiger partial charge in [0.1, 0.15) is 0 Å². The maximum atomic E-state index is 11.7. The highest BCUT2D eigenvalue weighted by atomic mass is 32.2. The highest BCUT2D eigenvalue weighted by molar-refractivity contribution is 8.15. The number of carboxylic acid groups (broad SMARTS) is 1. The monoisotopic (exact) mass is 292 g/mol. The zero-order chi connectivity index (χ0) is 14.5. The topological polar surface area (TPSA) is 111 Å². The van der Waals surface area contributed by atoms with Crippen LogP contribution < -0.4 is 15.8 Å². The second-order valence-corrected chi connectivity index (χ2v) is 5.09. The molecule has 0 saturated carbocycles. The molecule has 104 valence electrons. The SMILES string of the molecule is O=C1C[C@H](C(=O)[O-])S/C(=N/NC(=O)c2ccccc2)N1. The van der Waals surface area contributed by atoms with Gasteiger partial charge >= 0.3 is 0 Å². The molecule has 7 nitrogen and oxygen atoms in total. The zero-order valence-electron chi connectivity index (χ0n) is 10.2. The average Bonchev–Trinajstić information content (AvgIpc) is 2.45. The van der Waals surface area contributed by atoms with Crippen LogP contribution in [0.3, 0.4) is 0 Å². The summed E-state index contributed by atoms with van der Waals surface area (Å²) in [6.45, 7) is 0. The van der Waals surface area contributed by atoms with Gasteiger partial charge in [0.2, 0.25) is 5.91 Å². The zero-order valence-corrected chi connectivity index (χ0v) is 11.0. The van der Waals surface area contributed by atoms with Gasteiger partial charge in [-0.05, 0) is 12.1 Å². The van der Waals surface area contributed by atoms with Crippen LogP contribution in [0.1, 0.15) is 16.8 Å². The molecule has 1 aromatic carbocycles. The van der Waals surface area contributed by atoms with E-state index in [4.69, 9.17) is 0 Å². The molecule has 0 aromatic heterocycles. The number of hydrogen-bond donors (Lipinski definition) is 2. The molecular weight excluding hydrogens is 282 g/mol. The Balaban J connectivity index is 2.02. The Morgan fingerprint density at radius 1 is 1.35 bits per heavy atom. The van der Waals surface area contributed by atoms with Gasteiger partial charge in [-0.15, -0.1) is 5.10 Å². The molecule has 1 saturated heterocycles. The number of carbonyl (C=O) groups excluding carboxylic acids is 3. The lowest BCUT2D eigenvalue weighted by molar-refractivity contribution is -0.304. The predicted octanol–water partition coefficient (Wildman–Crippen LogP) is -0.941. The van der Waals surface area contributed by atoms with Crippen molar-refractivity contribution in [2.75, 3.05) is 0 Å². The Morgan fingerprint density at radius 3 is 2.70 bits per heavy atom. The third kappa shape index (κ3) is 3.58. The molecule has 2 rings (SSSR count). The summed E-state index contributed by atoms with van der Waals surface area (Å²) in [6.07, 6.45) is -0.182. The number of carbonyl (C=O) groups is 3. The predicted molar refractivity (Wildman–Crippen MR) is 70.5 cm³/mol. The van der Waals surface area contributed by atoms with Crippen molar-refractivity contribution in [2.45, 2.75) is 11.7 Å². The molecular formula is C12H10N3O4S-. The first-order valence-electron chi connectivity index (χ1n) is 5.66. The van der Waals surface area contributed by atoms with Crippen LogP contribution >= 0.6 is 11.8 Å². The molecule has 2 amide bonds. The van der Waals surface area contributed by atoms with Gasteiger partial charge in [0.15, 0.2) is 5.17 Å². The van der Waals surface area contributed by atoms with E-state index in [9.17, 15) is 19.5 Å². The number of benzene rings is 1. The van der Waals surface area contributed by atoms with E-state index in [0.29, 0.717) is 5.56 Å². The summed E-state index contributed by atoms with van der Waals surface area (Å²) >= 11 is 0.822. The third-order valence-corrected chi connectivity index (χ3v) is 3.49. The lowest BCUT2D eigenvalue weighted by Gasteiger charge is -2.23. The summed E-state index contributed by atoms with van der Waals surface area (Å²) in [5.74, 6) is -2.28. The number of nitrogens with one attached hydrogen (secondary N) is 2. The molecule has 1 atom stereocenters. The molecule has 1 aromatic rings. The van der Waals surface area contributed by atoms with Crippen molar-refractivity contribution in [3.05, 3.63) is 35.9 Å². The molecule has 1 heterocycles. The third-order valence-electron chi connectivity index (χ3n) is 2.43. The lowest BCUT2D eigenvalue weighted by Crippen LogP contribution is -2.45. The quantitative estimate of drug-likeness (QED) is 0.698. The van der Waals surface area contributed by atoms with Gasteiger partial charge in [-0.3, -0.25) is 9.59 Å². The van der Waals surface area contributed by atoms with Crippen LogP contribution in [-0.4, -0.2) is 28.2 Å². The van der Waals surface area contributed by atoms with Gasteiger partial charge in [0, 0.05) is 12.0 Å². The fourth-order valence-electron chi connectivity index (χ4n) is 1.49. The van der Waals surface area contributed by atoms with Crippen molar-refractivity contribution in [3.63, 3.8) is 0 Å². The standard InChI is InChI=1S/C12H11N3O4S/c16-9-6-8(11(18)19)20-12(13-9)15-14-10(17)7-4-2-1-3-5-7/h1-5,8H,6H2,(H,14,17)(H,18,19)(H,13,15,16)/p-1/t8-/m1/s1. The average molecular weight is 292 g/mol. The van der Waals surface area contributed by atoms with E-state index in [1.54, 1.807) is 30.3 Å². The molecule has 1 aliphatic rings. The number of aliphatic carboxylic acids is 1. The van der Waals surface area contributed by atoms with Crippen LogP contribution in [0.2, 0.25) is 0 Å². The summed E-state index contributed by atoms with van der Waals surface area (Å²) in [5.41, 5.74) is 2.65. The first-order chi connectivity index (χ1) is 9.56. The number of thioether (sulfide) groups is 1. The lowest BCUT2D eigenvalue weighted by atomic mass is 10.2. The normalized spacial score (nSPS) is 20.3. The maximum absolute atomic E-state index is 11.7. The summed E-state index contributed by atoms with van der Waals surface area (Å²) < 4.78 is 0. The Bertz CT molecular complexity index is 573. The van der Waals surface area contributed by atoms with E-state index in [0.717, 1.165) is 11.8 Å². The summed E-state index contributed by atoms with van der Waals surface area (Å²) in [7, 11) is 0. The summed E-state index contributed by atoms with van der Waals surface area (Å²) in [4.78, 5) is 33.8.